The first kappa shape index (κ1) is 18.3. The molecule has 0 aliphatic rings. The van der Waals surface area contributed by atoms with Crippen LogP contribution in [0.15, 0.2) is 54.6 Å². The van der Waals surface area contributed by atoms with Crippen LogP contribution in [0.3, 0.4) is 0 Å². The number of tetrazole rings is 1. The molecule has 2 aromatic heterocycles. The number of carbonyl (C=O) groups excluding carboxylic acids is 1. The summed E-state index contributed by atoms with van der Waals surface area (Å²) in [5, 5.41) is 29.7. The molecule has 11 nitrogen and oxygen atoms in total. The van der Waals surface area contributed by atoms with Gasteiger partial charge in [0.05, 0.1) is 4.92 Å². The van der Waals surface area contributed by atoms with E-state index >= 15 is 0 Å². The molecule has 0 fully saturated rings. The zero-order chi connectivity index (χ0) is 20.4. The van der Waals surface area contributed by atoms with Crippen molar-refractivity contribution >= 4 is 23.8 Å². The third kappa shape index (κ3) is 3.68. The van der Waals surface area contributed by atoms with Crippen LogP contribution >= 0.6 is 12.2 Å². The first-order valence-corrected chi connectivity index (χ1v) is 8.72. The maximum Gasteiger partial charge on any atom is 0.269 e. The van der Waals surface area contributed by atoms with Crippen LogP contribution in [-0.2, 0) is 6.54 Å². The highest BCUT2D eigenvalue weighted by Crippen LogP contribution is 2.15. The summed E-state index contributed by atoms with van der Waals surface area (Å²) in [5.41, 5.74) is 0.920. The van der Waals surface area contributed by atoms with Crippen molar-refractivity contribution in [3.8, 4) is 11.4 Å². The number of rotatable bonds is 5. The summed E-state index contributed by atoms with van der Waals surface area (Å²) in [4.78, 5) is 24.4. The number of nitrogens with zero attached hydrogens (tertiary/aromatic N) is 7. The Hall–Kier alpha value is -4.06. The number of H-pyrrole nitrogens is 1. The van der Waals surface area contributed by atoms with Gasteiger partial charge in [0.25, 0.3) is 11.6 Å². The molecule has 144 valence electrons. The van der Waals surface area contributed by atoms with Gasteiger partial charge in [-0.2, -0.15) is 9.90 Å². The molecule has 12 heteroatoms. The van der Waals surface area contributed by atoms with Gasteiger partial charge in [-0.3, -0.25) is 20.0 Å². The highest BCUT2D eigenvalue weighted by molar-refractivity contribution is 7.71. The van der Waals surface area contributed by atoms with Crippen molar-refractivity contribution in [1.82, 2.24) is 35.0 Å². The van der Waals surface area contributed by atoms with Crippen molar-refractivity contribution in [3.63, 3.8) is 0 Å². The van der Waals surface area contributed by atoms with Crippen molar-refractivity contribution < 1.29 is 9.72 Å². The number of hydrogen-bond donors (Lipinski definition) is 1. The Morgan fingerprint density at radius 1 is 1.14 bits per heavy atom. The van der Waals surface area contributed by atoms with Crippen molar-refractivity contribution in [1.29, 1.82) is 0 Å². The fourth-order valence-electron chi connectivity index (χ4n) is 2.64. The SMILES string of the molecule is O=C(c1ccc([N+](=O)[O-])cc1)n1c(Cn2nnc(-c3ccccc3)n2)n[nH]c1=S. The van der Waals surface area contributed by atoms with Crippen LogP contribution < -0.4 is 0 Å². The summed E-state index contributed by atoms with van der Waals surface area (Å²) in [6.45, 7) is 0.0473. The van der Waals surface area contributed by atoms with Crippen LogP contribution in [0.5, 0.6) is 0 Å². The molecule has 0 bridgehead atoms. The minimum Gasteiger partial charge on any atom is -0.268 e. The Morgan fingerprint density at radius 2 is 1.86 bits per heavy atom. The molecule has 0 spiro atoms. The van der Waals surface area contributed by atoms with Crippen molar-refractivity contribution in [2.75, 3.05) is 0 Å². The van der Waals surface area contributed by atoms with Gasteiger partial charge in [0.2, 0.25) is 10.6 Å². The second-order valence-corrected chi connectivity index (χ2v) is 6.29. The topological polar surface area (TPSA) is 137 Å². The van der Waals surface area contributed by atoms with Gasteiger partial charge in [-0.05, 0) is 29.6 Å². The number of carbonyl (C=O) groups is 1. The fourth-order valence-corrected chi connectivity index (χ4v) is 2.87. The quantitative estimate of drug-likeness (QED) is 0.301. The average Bonchev–Trinajstić information content (AvgIpc) is 3.35. The summed E-state index contributed by atoms with van der Waals surface area (Å²) in [5.74, 6) is 0.236. The van der Waals surface area contributed by atoms with Crippen LogP contribution in [0.2, 0.25) is 0 Å². The predicted molar refractivity (Wildman–Crippen MR) is 103 cm³/mol. The second kappa shape index (κ2) is 7.52. The standard InChI is InChI=1S/C17H12N8O3S/c26-16(12-6-8-13(9-7-12)25(27)28)24-14(18-20-17(24)29)10-23-21-15(19-22-23)11-4-2-1-3-5-11/h1-9H,10H2,(H,20,29). The molecule has 1 N–H and O–H groups in total. The van der Waals surface area contributed by atoms with Crippen LogP contribution in [-0.4, -0.2) is 45.8 Å². The molecule has 0 atom stereocenters. The molecule has 4 rings (SSSR count). The maximum absolute atomic E-state index is 12.8. The molecular formula is C17H12N8O3S. The summed E-state index contributed by atoms with van der Waals surface area (Å²) < 4.78 is 1.29. The Balaban J connectivity index is 1.61. The van der Waals surface area contributed by atoms with Crippen LogP contribution in [0.4, 0.5) is 5.69 Å². The number of non-ortho nitro benzene ring substituents is 1. The molecule has 4 aromatic rings. The molecule has 0 saturated carbocycles. The number of hydrogen-bond acceptors (Lipinski definition) is 8. The number of nitro benzene ring substituents is 1. The monoisotopic (exact) mass is 408 g/mol. The lowest BCUT2D eigenvalue weighted by Gasteiger charge is -2.05. The number of aromatic amines is 1. The van der Waals surface area contributed by atoms with E-state index in [-0.39, 0.29) is 28.4 Å². The Morgan fingerprint density at radius 3 is 2.55 bits per heavy atom. The van der Waals surface area contributed by atoms with Gasteiger partial charge in [0.1, 0.15) is 6.54 Å². The van der Waals surface area contributed by atoms with Crippen LogP contribution in [0.25, 0.3) is 11.4 Å². The number of aromatic nitrogens is 7. The zero-order valence-corrected chi connectivity index (χ0v) is 15.5. The highest BCUT2D eigenvalue weighted by Gasteiger charge is 2.18. The Kier molecular flexibility index (Phi) is 4.75. The van der Waals surface area contributed by atoms with Gasteiger partial charge < -0.3 is 0 Å². The van der Waals surface area contributed by atoms with Gasteiger partial charge >= 0.3 is 0 Å². The van der Waals surface area contributed by atoms with E-state index in [1.807, 2.05) is 30.3 Å². The van der Waals surface area contributed by atoms with Crippen molar-refractivity contribution in [2.45, 2.75) is 6.54 Å². The normalized spacial score (nSPS) is 10.8. The largest absolute Gasteiger partial charge is 0.269 e. The fraction of sp³-hybridized carbons (Fsp3) is 0.0588. The smallest absolute Gasteiger partial charge is 0.268 e. The van der Waals surface area contributed by atoms with Crippen molar-refractivity contribution in [3.05, 3.63) is 80.9 Å². The minimum absolute atomic E-state index is 0.0473. The summed E-state index contributed by atoms with van der Waals surface area (Å²) in [6.07, 6.45) is 0. The lowest BCUT2D eigenvalue weighted by molar-refractivity contribution is -0.384. The van der Waals surface area contributed by atoms with E-state index < -0.39 is 10.8 Å². The van der Waals surface area contributed by atoms with Gasteiger partial charge in [0, 0.05) is 23.3 Å². The molecule has 0 radical (unpaired) electrons. The first-order valence-electron chi connectivity index (χ1n) is 8.31. The van der Waals surface area contributed by atoms with E-state index in [1.54, 1.807) is 0 Å². The number of benzene rings is 2. The zero-order valence-electron chi connectivity index (χ0n) is 14.7. The van der Waals surface area contributed by atoms with E-state index in [2.05, 4.69) is 25.6 Å². The lowest BCUT2D eigenvalue weighted by Crippen LogP contribution is -2.18. The molecule has 0 unspecified atom stereocenters. The third-order valence-electron chi connectivity index (χ3n) is 4.04. The summed E-state index contributed by atoms with van der Waals surface area (Å²) >= 11 is 5.16. The maximum atomic E-state index is 12.8. The third-order valence-corrected chi connectivity index (χ3v) is 4.31. The van der Waals surface area contributed by atoms with E-state index in [9.17, 15) is 14.9 Å². The van der Waals surface area contributed by atoms with Gasteiger partial charge in [-0.15, -0.1) is 10.2 Å². The van der Waals surface area contributed by atoms with E-state index in [0.717, 1.165) is 5.56 Å². The molecular weight excluding hydrogens is 396 g/mol. The van der Waals surface area contributed by atoms with E-state index in [0.29, 0.717) is 5.82 Å². The average molecular weight is 408 g/mol. The first-order chi connectivity index (χ1) is 14.0. The minimum atomic E-state index is -0.538. The van der Waals surface area contributed by atoms with Crippen LogP contribution in [0.1, 0.15) is 16.2 Å². The van der Waals surface area contributed by atoms with E-state index in [1.165, 1.54) is 33.6 Å². The second-order valence-electron chi connectivity index (χ2n) is 5.90. The van der Waals surface area contributed by atoms with Crippen molar-refractivity contribution in [2.24, 2.45) is 0 Å². The predicted octanol–water partition coefficient (Wildman–Crippen LogP) is 2.24. The molecule has 0 amide bonds. The Bertz CT molecular complexity index is 1240. The van der Waals surface area contributed by atoms with Gasteiger partial charge in [0.15, 0.2) is 5.82 Å². The molecule has 0 aliphatic heterocycles. The van der Waals surface area contributed by atoms with E-state index in [4.69, 9.17) is 12.2 Å². The Labute approximate surface area is 167 Å². The molecule has 0 aliphatic carbocycles. The molecule has 0 saturated heterocycles. The van der Waals surface area contributed by atoms with Gasteiger partial charge in [-0.1, -0.05) is 30.3 Å². The lowest BCUT2D eigenvalue weighted by atomic mass is 10.2. The molecule has 2 aromatic carbocycles. The highest BCUT2D eigenvalue weighted by atomic mass is 32.1. The molecule has 2 heterocycles. The molecule has 29 heavy (non-hydrogen) atoms. The number of nitro groups is 1. The summed E-state index contributed by atoms with van der Waals surface area (Å²) in [7, 11) is 0. The van der Waals surface area contributed by atoms with Gasteiger partial charge in [-0.25, -0.2) is 4.57 Å². The van der Waals surface area contributed by atoms with Crippen LogP contribution in [0, 0.1) is 14.9 Å². The number of nitrogens with one attached hydrogen (secondary N) is 1. The summed E-state index contributed by atoms with van der Waals surface area (Å²) in [6, 6.07) is 14.6.